The fourth-order valence-electron chi connectivity index (χ4n) is 1.65. The summed E-state index contributed by atoms with van der Waals surface area (Å²) in [4.78, 5) is 11.9. The maximum absolute atomic E-state index is 11.9. The second-order valence-electron chi connectivity index (χ2n) is 4.18. The fraction of sp³-hybridized carbons (Fsp3) is 0.286. The summed E-state index contributed by atoms with van der Waals surface area (Å²) in [7, 11) is 3.07. The van der Waals surface area contributed by atoms with Crippen LogP contribution in [0.5, 0.6) is 17.4 Å². The fourth-order valence-corrected chi connectivity index (χ4v) is 1.65. The Hall–Kier alpha value is -2.70. The van der Waals surface area contributed by atoms with E-state index in [-0.39, 0.29) is 18.4 Å². The molecule has 2 rings (SSSR count). The first-order chi connectivity index (χ1) is 10.1. The van der Waals surface area contributed by atoms with E-state index in [1.54, 1.807) is 38.3 Å². The molecule has 0 saturated carbocycles. The number of anilines is 1. The van der Waals surface area contributed by atoms with E-state index in [2.05, 4.69) is 10.5 Å². The van der Waals surface area contributed by atoms with Crippen LogP contribution < -0.4 is 19.5 Å². The van der Waals surface area contributed by atoms with Gasteiger partial charge in [-0.05, 0) is 24.2 Å². The number of aromatic nitrogens is 1. The average molecular weight is 292 g/mol. The summed E-state index contributed by atoms with van der Waals surface area (Å²) in [5, 5.41) is 6.32. The number of ether oxygens (including phenoxy) is 3. The van der Waals surface area contributed by atoms with Crippen LogP contribution in [-0.2, 0) is 4.79 Å². The van der Waals surface area contributed by atoms with Crippen LogP contribution in [0.1, 0.15) is 5.76 Å². The van der Waals surface area contributed by atoms with Gasteiger partial charge in [0.1, 0.15) is 17.3 Å². The predicted octanol–water partition coefficient (Wildman–Crippen LogP) is 2.02. The third-order valence-corrected chi connectivity index (χ3v) is 2.64. The lowest BCUT2D eigenvalue weighted by Gasteiger charge is -2.11. The number of hydrogen-bond donors (Lipinski definition) is 1. The van der Waals surface area contributed by atoms with Crippen LogP contribution in [-0.4, -0.2) is 31.9 Å². The molecular formula is C14H16N2O5. The van der Waals surface area contributed by atoms with Crippen molar-refractivity contribution >= 4 is 11.6 Å². The van der Waals surface area contributed by atoms with Crippen molar-refractivity contribution in [2.75, 3.05) is 26.1 Å². The molecule has 0 atom stereocenters. The third kappa shape index (κ3) is 3.88. The molecular weight excluding hydrogens is 276 g/mol. The van der Waals surface area contributed by atoms with E-state index in [4.69, 9.17) is 18.7 Å². The van der Waals surface area contributed by atoms with Gasteiger partial charge in [0.25, 0.3) is 11.8 Å². The average Bonchev–Trinajstić information content (AvgIpc) is 2.90. The summed E-state index contributed by atoms with van der Waals surface area (Å²) in [6.45, 7) is 1.55. The standard InChI is InChI=1S/C14H16N2O5/c1-9-6-14(16-21-9)20-8-13(17)15-11-7-10(18-2)4-5-12(11)19-3/h4-7H,8H2,1-3H3,(H,15,17). The van der Waals surface area contributed by atoms with E-state index in [0.29, 0.717) is 22.9 Å². The predicted molar refractivity (Wildman–Crippen MR) is 74.9 cm³/mol. The van der Waals surface area contributed by atoms with Crippen LogP contribution in [0.2, 0.25) is 0 Å². The molecule has 0 radical (unpaired) electrons. The molecule has 7 nitrogen and oxygen atoms in total. The van der Waals surface area contributed by atoms with Crippen molar-refractivity contribution in [2.24, 2.45) is 0 Å². The molecule has 1 N–H and O–H groups in total. The number of aryl methyl sites for hydroxylation is 1. The lowest BCUT2D eigenvalue weighted by Crippen LogP contribution is -2.20. The van der Waals surface area contributed by atoms with Crippen molar-refractivity contribution in [1.29, 1.82) is 0 Å². The molecule has 1 heterocycles. The Balaban J connectivity index is 1.98. The molecule has 0 aliphatic rings. The van der Waals surface area contributed by atoms with Crippen molar-refractivity contribution in [1.82, 2.24) is 5.16 Å². The lowest BCUT2D eigenvalue weighted by molar-refractivity contribution is -0.118. The summed E-state index contributed by atoms with van der Waals surface area (Å²) >= 11 is 0. The zero-order valence-corrected chi connectivity index (χ0v) is 12.0. The number of carbonyl (C=O) groups is 1. The zero-order chi connectivity index (χ0) is 15.2. The van der Waals surface area contributed by atoms with Gasteiger partial charge >= 0.3 is 0 Å². The summed E-state index contributed by atoms with van der Waals surface area (Å²) in [6, 6.07) is 6.70. The third-order valence-electron chi connectivity index (χ3n) is 2.64. The van der Waals surface area contributed by atoms with Gasteiger partial charge in [-0.2, -0.15) is 0 Å². The first kappa shape index (κ1) is 14.7. The molecule has 0 fully saturated rings. The van der Waals surface area contributed by atoms with Gasteiger partial charge in [-0.3, -0.25) is 4.79 Å². The van der Waals surface area contributed by atoms with Crippen LogP contribution >= 0.6 is 0 Å². The normalized spacial score (nSPS) is 10.0. The summed E-state index contributed by atoms with van der Waals surface area (Å²) < 4.78 is 20.3. The maximum atomic E-state index is 11.9. The number of benzene rings is 1. The SMILES string of the molecule is COc1ccc(OC)c(NC(=O)COc2cc(C)on2)c1. The van der Waals surface area contributed by atoms with Gasteiger partial charge in [-0.15, -0.1) is 0 Å². The highest BCUT2D eigenvalue weighted by molar-refractivity contribution is 5.93. The number of nitrogens with one attached hydrogen (secondary N) is 1. The number of methoxy groups -OCH3 is 2. The molecule has 21 heavy (non-hydrogen) atoms. The van der Waals surface area contributed by atoms with Crippen LogP contribution in [0.3, 0.4) is 0 Å². The second-order valence-corrected chi connectivity index (χ2v) is 4.18. The molecule has 2 aromatic rings. The molecule has 1 amide bonds. The van der Waals surface area contributed by atoms with Crippen LogP contribution in [0.15, 0.2) is 28.8 Å². The van der Waals surface area contributed by atoms with Gasteiger partial charge < -0.3 is 24.1 Å². The molecule has 0 aliphatic carbocycles. The van der Waals surface area contributed by atoms with Crippen molar-refractivity contribution in [3.63, 3.8) is 0 Å². The maximum Gasteiger partial charge on any atom is 0.262 e. The van der Waals surface area contributed by atoms with Crippen molar-refractivity contribution in [2.45, 2.75) is 6.92 Å². The lowest BCUT2D eigenvalue weighted by atomic mass is 10.2. The smallest absolute Gasteiger partial charge is 0.262 e. The van der Waals surface area contributed by atoms with E-state index in [9.17, 15) is 4.79 Å². The van der Waals surface area contributed by atoms with Crippen LogP contribution in [0.25, 0.3) is 0 Å². The summed E-state index contributed by atoms with van der Waals surface area (Å²) in [5.41, 5.74) is 0.502. The number of nitrogens with zero attached hydrogens (tertiary/aromatic N) is 1. The molecule has 0 bridgehead atoms. The van der Waals surface area contributed by atoms with E-state index < -0.39 is 0 Å². The topological polar surface area (TPSA) is 82.8 Å². The molecule has 0 saturated heterocycles. The highest BCUT2D eigenvalue weighted by Gasteiger charge is 2.11. The van der Waals surface area contributed by atoms with Crippen molar-refractivity contribution in [3.05, 3.63) is 30.0 Å². The molecule has 1 aromatic heterocycles. The minimum absolute atomic E-state index is 0.188. The Morgan fingerprint density at radius 2 is 2.10 bits per heavy atom. The first-order valence-electron chi connectivity index (χ1n) is 6.20. The van der Waals surface area contributed by atoms with Gasteiger partial charge in [-0.25, -0.2) is 0 Å². The second kappa shape index (κ2) is 6.65. The van der Waals surface area contributed by atoms with Gasteiger partial charge in [0.05, 0.1) is 19.9 Å². The Morgan fingerprint density at radius 3 is 2.71 bits per heavy atom. The summed E-state index contributed by atoms with van der Waals surface area (Å²) in [6.07, 6.45) is 0. The highest BCUT2D eigenvalue weighted by Crippen LogP contribution is 2.28. The minimum Gasteiger partial charge on any atom is -0.497 e. The first-order valence-corrected chi connectivity index (χ1v) is 6.20. The van der Waals surface area contributed by atoms with E-state index in [1.807, 2.05) is 0 Å². The minimum atomic E-state index is -0.345. The van der Waals surface area contributed by atoms with Crippen LogP contribution in [0, 0.1) is 6.92 Å². The summed E-state index contributed by atoms with van der Waals surface area (Å²) in [5.74, 6) is 1.67. The Morgan fingerprint density at radius 1 is 1.29 bits per heavy atom. The Labute approximate surface area is 121 Å². The molecule has 0 spiro atoms. The number of carbonyl (C=O) groups excluding carboxylic acids is 1. The number of rotatable bonds is 6. The van der Waals surface area contributed by atoms with Gasteiger partial charge in [0.15, 0.2) is 6.61 Å². The molecule has 7 heteroatoms. The largest absolute Gasteiger partial charge is 0.497 e. The molecule has 0 unspecified atom stereocenters. The van der Waals surface area contributed by atoms with Crippen molar-refractivity contribution < 1.29 is 23.5 Å². The van der Waals surface area contributed by atoms with E-state index >= 15 is 0 Å². The van der Waals surface area contributed by atoms with Gasteiger partial charge in [0, 0.05) is 12.1 Å². The molecule has 1 aromatic carbocycles. The van der Waals surface area contributed by atoms with E-state index in [1.165, 1.54) is 7.11 Å². The quantitative estimate of drug-likeness (QED) is 0.877. The zero-order valence-electron chi connectivity index (χ0n) is 12.0. The Bertz CT molecular complexity index is 624. The molecule has 112 valence electrons. The van der Waals surface area contributed by atoms with E-state index in [0.717, 1.165) is 0 Å². The monoisotopic (exact) mass is 292 g/mol. The van der Waals surface area contributed by atoms with Crippen LogP contribution in [0.4, 0.5) is 5.69 Å². The number of hydrogen-bond acceptors (Lipinski definition) is 6. The highest BCUT2D eigenvalue weighted by atomic mass is 16.5. The molecule has 0 aliphatic heterocycles. The van der Waals surface area contributed by atoms with Gasteiger partial charge in [0.2, 0.25) is 0 Å². The number of amides is 1. The van der Waals surface area contributed by atoms with Crippen molar-refractivity contribution in [3.8, 4) is 17.4 Å². The Kier molecular flexibility index (Phi) is 4.65. The van der Waals surface area contributed by atoms with Gasteiger partial charge in [-0.1, -0.05) is 0 Å².